The van der Waals surface area contributed by atoms with Gasteiger partial charge in [-0.1, -0.05) is 38.1 Å². The summed E-state index contributed by atoms with van der Waals surface area (Å²) in [5.74, 6) is 0.296. The zero-order valence-electron chi connectivity index (χ0n) is 18.5. The summed E-state index contributed by atoms with van der Waals surface area (Å²) in [6.45, 7) is 11.5. The van der Waals surface area contributed by atoms with Crippen molar-refractivity contribution >= 4 is 28.8 Å². The van der Waals surface area contributed by atoms with E-state index in [1.165, 1.54) is 0 Å². The second-order valence-corrected chi connectivity index (χ2v) is 8.36. The molecular formula is C25H29N3O3. The van der Waals surface area contributed by atoms with Gasteiger partial charge in [0.05, 0.1) is 5.57 Å². The van der Waals surface area contributed by atoms with Crippen molar-refractivity contribution < 1.29 is 14.3 Å². The Morgan fingerprint density at radius 3 is 2.58 bits per heavy atom. The van der Waals surface area contributed by atoms with E-state index in [1.807, 2.05) is 50.2 Å². The predicted octanol–water partition coefficient (Wildman–Crippen LogP) is 3.84. The summed E-state index contributed by atoms with van der Waals surface area (Å²) in [6.07, 6.45) is 0. The van der Waals surface area contributed by atoms with Gasteiger partial charge in [-0.3, -0.25) is 9.59 Å². The lowest BCUT2D eigenvalue weighted by Crippen LogP contribution is -2.34. The Morgan fingerprint density at radius 2 is 1.84 bits per heavy atom. The fourth-order valence-corrected chi connectivity index (χ4v) is 4.24. The van der Waals surface area contributed by atoms with Crippen LogP contribution >= 0.6 is 0 Å². The minimum absolute atomic E-state index is 0.101. The molecule has 2 aromatic rings. The van der Waals surface area contributed by atoms with Gasteiger partial charge in [0.25, 0.3) is 11.8 Å². The molecule has 0 bridgehead atoms. The van der Waals surface area contributed by atoms with Gasteiger partial charge in [-0.25, -0.2) is 0 Å². The molecule has 0 radical (unpaired) electrons. The molecule has 6 nitrogen and oxygen atoms in total. The first-order chi connectivity index (χ1) is 14.9. The van der Waals surface area contributed by atoms with Gasteiger partial charge in [0, 0.05) is 41.0 Å². The van der Waals surface area contributed by atoms with Gasteiger partial charge in [0.15, 0.2) is 0 Å². The number of nitrogens with one attached hydrogen (secondary N) is 2. The number of benzene rings is 2. The molecule has 162 valence electrons. The van der Waals surface area contributed by atoms with E-state index in [4.69, 9.17) is 4.74 Å². The summed E-state index contributed by atoms with van der Waals surface area (Å²) < 4.78 is 6.29. The van der Waals surface area contributed by atoms with Crippen LogP contribution in [-0.2, 0) is 15.1 Å². The SMILES string of the molecule is CCN(CC)CCNC(=O)c1ccc2c(c1)C(C)(C)O/C2=C1/C(=O)Nc2ccccc21. The number of amides is 2. The summed E-state index contributed by atoms with van der Waals surface area (Å²) in [5, 5.41) is 5.91. The second-order valence-electron chi connectivity index (χ2n) is 8.36. The van der Waals surface area contributed by atoms with E-state index in [2.05, 4.69) is 29.4 Å². The van der Waals surface area contributed by atoms with Gasteiger partial charge < -0.3 is 20.3 Å². The monoisotopic (exact) mass is 419 g/mol. The zero-order chi connectivity index (χ0) is 22.2. The van der Waals surface area contributed by atoms with Crippen molar-refractivity contribution in [3.63, 3.8) is 0 Å². The Balaban J connectivity index is 1.64. The Kier molecular flexibility index (Phi) is 5.58. The minimum Gasteiger partial charge on any atom is -0.482 e. The van der Waals surface area contributed by atoms with E-state index in [-0.39, 0.29) is 11.8 Å². The summed E-state index contributed by atoms with van der Waals surface area (Å²) in [4.78, 5) is 27.7. The van der Waals surface area contributed by atoms with Crippen molar-refractivity contribution in [1.82, 2.24) is 10.2 Å². The molecule has 31 heavy (non-hydrogen) atoms. The van der Waals surface area contributed by atoms with Crippen LogP contribution in [0.5, 0.6) is 0 Å². The fraction of sp³-hybridized carbons (Fsp3) is 0.360. The summed E-state index contributed by atoms with van der Waals surface area (Å²) in [5.41, 5.74) is 3.87. The van der Waals surface area contributed by atoms with Crippen LogP contribution < -0.4 is 10.6 Å². The molecule has 2 amide bonds. The van der Waals surface area contributed by atoms with Gasteiger partial charge in [-0.15, -0.1) is 0 Å². The molecule has 0 aliphatic carbocycles. The molecule has 2 heterocycles. The van der Waals surface area contributed by atoms with Crippen LogP contribution in [0, 0.1) is 0 Å². The largest absolute Gasteiger partial charge is 0.482 e. The molecule has 0 saturated heterocycles. The van der Waals surface area contributed by atoms with Crippen LogP contribution in [0.15, 0.2) is 42.5 Å². The lowest BCUT2D eigenvalue weighted by molar-refractivity contribution is -0.110. The Bertz CT molecular complexity index is 1070. The summed E-state index contributed by atoms with van der Waals surface area (Å²) >= 11 is 0. The summed E-state index contributed by atoms with van der Waals surface area (Å²) in [7, 11) is 0. The number of carbonyl (C=O) groups excluding carboxylic acids is 2. The van der Waals surface area contributed by atoms with Crippen molar-refractivity contribution in [2.24, 2.45) is 0 Å². The highest BCUT2D eigenvalue weighted by Crippen LogP contribution is 2.48. The molecule has 2 aromatic carbocycles. The maximum atomic E-state index is 12.7. The molecule has 2 aliphatic rings. The third-order valence-electron chi connectivity index (χ3n) is 6.04. The van der Waals surface area contributed by atoms with Crippen LogP contribution in [0.25, 0.3) is 11.3 Å². The van der Waals surface area contributed by atoms with E-state index in [0.29, 0.717) is 23.4 Å². The highest BCUT2D eigenvalue weighted by molar-refractivity contribution is 6.36. The van der Waals surface area contributed by atoms with Gasteiger partial charge >= 0.3 is 0 Å². The van der Waals surface area contributed by atoms with Crippen LogP contribution in [0.1, 0.15) is 54.7 Å². The quantitative estimate of drug-likeness (QED) is 0.698. The van der Waals surface area contributed by atoms with E-state index >= 15 is 0 Å². The third kappa shape index (κ3) is 3.83. The molecular weight excluding hydrogens is 390 g/mol. The number of para-hydroxylation sites is 1. The minimum atomic E-state index is -0.646. The average molecular weight is 420 g/mol. The number of hydrogen-bond donors (Lipinski definition) is 2. The molecule has 0 spiro atoms. The number of hydrogen-bond acceptors (Lipinski definition) is 4. The van der Waals surface area contributed by atoms with Crippen LogP contribution in [0.4, 0.5) is 5.69 Å². The number of fused-ring (bicyclic) bond motifs is 2. The molecule has 0 unspecified atom stereocenters. The number of likely N-dealkylation sites (N-methyl/N-ethyl adjacent to an activating group) is 1. The molecule has 6 heteroatoms. The summed E-state index contributed by atoms with van der Waals surface area (Å²) in [6, 6.07) is 13.2. The van der Waals surface area contributed by atoms with Crippen molar-refractivity contribution in [2.75, 3.05) is 31.5 Å². The molecule has 4 rings (SSSR count). The van der Waals surface area contributed by atoms with E-state index in [0.717, 1.165) is 42.0 Å². The second kappa shape index (κ2) is 8.19. The molecule has 0 saturated carbocycles. The smallest absolute Gasteiger partial charge is 0.260 e. The number of carbonyl (C=O) groups is 2. The van der Waals surface area contributed by atoms with E-state index < -0.39 is 5.60 Å². The predicted molar refractivity (Wildman–Crippen MR) is 123 cm³/mol. The van der Waals surface area contributed by atoms with Gasteiger partial charge in [-0.05, 0) is 45.1 Å². The highest BCUT2D eigenvalue weighted by Gasteiger charge is 2.40. The molecule has 2 N–H and O–H groups in total. The van der Waals surface area contributed by atoms with Crippen LogP contribution in [-0.4, -0.2) is 42.9 Å². The van der Waals surface area contributed by atoms with Crippen molar-refractivity contribution in [2.45, 2.75) is 33.3 Å². The molecule has 2 aliphatic heterocycles. The lowest BCUT2D eigenvalue weighted by atomic mass is 9.92. The number of rotatable bonds is 6. The number of anilines is 1. The number of ether oxygens (including phenoxy) is 1. The first-order valence-electron chi connectivity index (χ1n) is 10.8. The highest BCUT2D eigenvalue weighted by atomic mass is 16.5. The number of nitrogens with zero attached hydrogens (tertiary/aromatic N) is 1. The molecule has 0 atom stereocenters. The molecule has 0 aromatic heterocycles. The maximum absolute atomic E-state index is 12.7. The Morgan fingerprint density at radius 1 is 1.10 bits per heavy atom. The van der Waals surface area contributed by atoms with Crippen molar-refractivity contribution in [1.29, 1.82) is 0 Å². The first kappa shape index (κ1) is 21.1. The zero-order valence-corrected chi connectivity index (χ0v) is 18.5. The van der Waals surface area contributed by atoms with E-state index in [1.54, 1.807) is 6.07 Å². The van der Waals surface area contributed by atoms with Gasteiger partial charge in [0.2, 0.25) is 0 Å². The average Bonchev–Trinajstić information content (AvgIpc) is 3.23. The maximum Gasteiger partial charge on any atom is 0.260 e. The van der Waals surface area contributed by atoms with Gasteiger partial charge in [0.1, 0.15) is 11.4 Å². The Labute approximate surface area is 183 Å². The lowest BCUT2D eigenvalue weighted by Gasteiger charge is -2.20. The van der Waals surface area contributed by atoms with E-state index in [9.17, 15) is 9.59 Å². The fourth-order valence-electron chi connectivity index (χ4n) is 4.24. The van der Waals surface area contributed by atoms with Crippen LogP contribution in [0.3, 0.4) is 0 Å². The van der Waals surface area contributed by atoms with Crippen molar-refractivity contribution in [3.05, 3.63) is 64.7 Å². The topological polar surface area (TPSA) is 70.7 Å². The van der Waals surface area contributed by atoms with Gasteiger partial charge in [-0.2, -0.15) is 0 Å². The molecule has 0 fully saturated rings. The van der Waals surface area contributed by atoms with Crippen molar-refractivity contribution in [3.8, 4) is 0 Å². The first-order valence-corrected chi connectivity index (χ1v) is 10.8. The Hall–Kier alpha value is -3.12. The van der Waals surface area contributed by atoms with Crippen LogP contribution in [0.2, 0.25) is 0 Å². The third-order valence-corrected chi connectivity index (χ3v) is 6.04. The normalized spacial score (nSPS) is 18.4. The standard InChI is InChI=1S/C25H29N3O3/c1-5-28(6-2)14-13-26-23(29)16-11-12-17-19(15-16)25(3,4)31-22(17)21-18-9-7-8-10-20(18)27-24(21)30/h7-12,15H,5-6,13-14H2,1-4H3,(H,26,29)(H,27,30)/b22-21+.